The quantitative estimate of drug-likeness (QED) is 0.311. The minimum Gasteiger partial charge on any atom is -0.371 e. The van der Waals surface area contributed by atoms with Gasteiger partial charge in [0.05, 0.1) is 11.0 Å². The Balaban J connectivity index is 1.51. The summed E-state index contributed by atoms with van der Waals surface area (Å²) >= 11 is 5.98. The molecular formula is C31H35ClFN3O2. The molecule has 1 aliphatic heterocycles. The van der Waals surface area contributed by atoms with Crippen LogP contribution in [-0.4, -0.2) is 30.8 Å². The maximum atomic E-state index is 13.4. The van der Waals surface area contributed by atoms with Crippen LogP contribution in [0.25, 0.3) is 0 Å². The number of amides is 2. The summed E-state index contributed by atoms with van der Waals surface area (Å²) in [6, 6.07) is 22.1. The fourth-order valence-corrected chi connectivity index (χ4v) is 4.76. The van der Waals surface area contributed by atoms with Gasteiger partial charge in [-0.1, -0.05) is 42.5 Å². The monoisotopic (exact) mass is 535 g/mol. The molecule has 0 radical (unpaired) electrons. The molecule has 38 heavy (non-hydrogen) atoms. The highest BCUT2D eigenvalue weighted by molar-refractivity contribution is 6.20. The van der Waals surface area contributed by atoms with E-state index in [-0.39, 0.29) is 30.1 Å². The third-order valence-corrected chi connectivity index (χ3v) is 7.80. The van der Waals surface area contributed by atoms with Crippen molar-refractivity contribution >= 4 is 34.8 Å². The Labute approximate surface area is 229 Å². The van der Waals surface area contributed by atoms with Crippen LogP contribution < -0.4 is 15.5 Å². The van der Waals surface area contributed by atoms with Crippen LogP contribution >= 0.6 is 11.6 Å². The van der Waals surface area contributed by atoms with Gasteiger partial charge in [0.2, 0.25) is 5.91 Å². The smallest absolute Gasteiger partial charge is 0.253 e. The third-order valence-electron chi connectivity index (χ3n) is 7.14. The van der Waals surface area contributed by atoms with Gasteiger partial charge in [0.1, 0.15) is 5.82 Å². The van der Waals surface area contributed by atoms with Crippen molar-refractivity contribution in [2.24, 2.45) is 11.3 Å². The highest BCUT2D eigenvalue weighted by atomic mass is 35.5. The number of carbonyl (C=O) groups is 2. The molecule has 2 N–H and O–H groups in total. The van der Waals surface area contributed by atoms with E-state index in [4.69, 9.17) is 11.6 Å². The van der Waals surface area contributed by atoms with E-state index >= 15 is 0 Å². The van der Waals surface area contributed by atoms with Gasteiger partial charge in [-0.05, 0) is 80.5 Å². The molecule has 0 saturated carbocycles. The Morgan fingerprint density at radius 1 is 0.974 bits per heavy atom. The first kappa shape index (κ1) is 27.6. The van der Waals surface area contributed by atoms with E-state index in [2.05, 4.69) is 39.8 Å². The predicted molar refractivity (Wildman–Crippen MR) is 152 cm³/mol. The predicted octanol–water partition coefficient (Wildman–Crippen LogP) is 6.42. The summed E-state index contributed by atoms with van der Waals surface area (Å²) in [5.74, 6) is 0.00465. The van der Waals surface area contributed by atoms with E-state index in [1.54, 1.807) is 32.0 Å². The number of nitrogens with zero attached hydrogens (tertiary/aromatic N) is 1. The molecule has 4 rings (SSSR count). The SMILES string of the molecule is CC(C)(CCl)C(=O)Nc1ccc(N2CCC(Cc3ccccc3)CC2)c(C(=O)NCc2ccc(F)cc2)c1. The van der Waals surface area contributed by atoms with Gasteiger partial charge in [0.25, 0.3) is 5.91 Å². The number of hydrogen-bond donors (Lipinski definition) is 2. The lowest BCUT2D eigenvalue weighted by Gasteiger charge is -2.35. The summed E-state index contributed by atoms with van der Waals surface area (Å²) in [5, 5.41) is 5.87. The highest BCUT2D eigenvalue weighted by Crippen LogP contribution is 2.31. The molecule has 0 atom stereocenters. The van der Waals surface area contributed by atoms with Crippen molar-refractivity contribution in [2.45, 2.75) is 39.7 Å². The summed E-state index contributed by atoms with van der Waals surface area (Å²) in [6.45, 7) is 5.52. The van der Waals surface area contributed by atoms with Gasteiger partial charge >= 0.3 is 0 Å². The number of carbonyl (C=O) groups excluding carboxylic acids is 2. The minimum absolute atomic E-state index is 0.180. The molecule has 1 fully saturated rings. The molecule has 3 aromatic carbocycles. The summed E-state index contributed by atoms with van der Waals surface area (Å²) in [6.07, 6.45) is 3.13. The van der Waals surface area contributed by atoms with Crippen LogP contribution in [0, 0.1) is 17.2 Å². The van der Waals surface area contributed by atoms with Crippen LogP contribution in [0.2, 0.25) is 0 Å². The fraction of sp³-hybridized carbons (Fsp3) is 0.355. The van der Waals surface area contributed by atoms with Gasteiger partial charge in [-0.25, -0.2) is 4.39 Å². The number of hydrogen-bond acceptors (Lipinski definition) is 3. The van der Waals surface area contributed by atoms with E-state index in [1.807, 2.05) is 18.2 Å². The lowest BCUT2D eigenvalue weighted by atomic mass is 9.89. The molecule has 1 heterocycles. The van der Waals surface area contributed by atoms with Crippen molar-refractivity contribution in [1.29, 1.82) is 0 Å². The Morgan fingerprint density at radius 2 is 1.66 bits per heavy atom. The van der Waals surface area contributed by atoms with Crippen LogP contribution in [0.3, 0.4) is 0 Å². The van der Waals surface area contributed by atoms with Gasteiger partial charge < -0.3 is 15.5 Å². The lowest BCUT2D eigenvalue weighted by molar-refractivity contribution is -0.122. The van der Waals surface area contributed by atoms with Crippen LogP contribution in [0.4, 0.5) is 15.8 Å². The topological polar surface area (TPSA) is 61.4 Å². The van der Waals surface area contributed by atoms with Crippen LogP contribution in [-0.2, 0) is 17.8 Å². The van der Waals surface area contributed by atoms with Crippen LogP contribution in [0.15, 0.2) is 72.8 Å². The molecular weight excluding hydrogens is 501 g/mol. The number of nitrogens with one attached hydrogen (secondary N) is 2. The lowest BCUT2D eigenvalue weighted by Crippen LogP contribution is -2.36. The third kappa shape index (κ3) is 7.13. The van der Waals surface area contributed by atoms with Gasteiger partial charge in [-0.2, -0.15) is 0 Å². The molecule has 0 aromatic heterocycles. The van der Waals surface area contributed by atoms with Crippen molar-refractivity contribution in [3.8, 4) is 0 Å². The standard InChI is InChI=1S/C31H35ClFN3O2/c1-31(2,21-32)30(38)35-26-12-13-28(27(19-26)29(37)34-20-24-8-10-25(33)11-9-24)36-16-14-23(15-17-36)18-22-6-4-3-5-7-22/h3-13,19,23H,14-18,20-21H2,1-2H3,(H,34,37)(H,35,38). The number of alkyl halides is 1. The van der Waals surface area contributed by atoms with Crippen molar-refractivity contribution in [2.75, 3.05) is 29.2 Å². The molecule has 1 aliphatic rings. The number of anilines is 2. The molecule has 2 amide bonds. The summed E-state index contributed by atoms with van der Waals surface area (Å²) in [5.41, 5.74) is 3.29. The molecule has 0 unspecified atom stereocenters. The minimum atomic E-state index is -0.744. The number of benzene rings is 3. The molecule has 200 valence electrons. The summed E-state index contributed by atoms with van der Waals surface area (Å²) in [7, 11) is 0. The second kappa shape index (κ2) is 12.4. The second-order valence-corrected chi connectivity index (χ2v) is 10.9. The second-order valence-electron chi connectivity index (χ2n) is 10.6. The molecule has 3 aromatic rings. The van der Waals surface area contributed by atoms with Crippen molar-refractivity contribution in [3.05, 3.63) is 95.3 Å². The van der Waals surface area contributed by atoms with E-state index in [0.717, 1.165) is 43.6 Å². The summed E-state index contributed by atoms with van der Waals surface area (Å²) < 4.78 is 13.3. The van der Waals surface area contributed by atoms with Gasteiger partial charge in [-0.15, -0.1) is 11.6 Å². The van der Waals surface area contributed by atoms with E-state index in [9.17, 15) is 14.0 Å². The largest absolute Gasteiger partial charge is 0.371 e. The summed E-state index contributed by atoms with van der Waals surface area (Å²) in [4.78, 5) is 28.4. The van der Waals surface area contributed by atoms with Gasteiger partial charge in [-0.3, -0.25) is 9.59 Å². The first-order chi connectivity index (χ1) is 18.2. The van der Waals surface area contributed by atoms with E-state index in [0.29, 0.717) is 17.2 Å². The number of halogens is 2. The first-order valence-corrected chi connectivity index (χ1v) is 13.6. The van der Waals surface area contributed by atoms with Crippen molar-refractivity contribution in [3.63, 3.8) is 0 Å². The zero-order valence-corrected chi connectivity index (χ0v) is 22.7. The molecule has 1 saturated heterocycles. The van der Waals surface area contributed by atoms with Gasteiger partial charge in [0, 0.05) is 36.9 Å². The Hall–Kier alpha value is -3.38. The molecule has 0 spiro atoms. The maximum Gasteiger partial charge on any atom is 0.253 e. The van der Waals surface area contributed by atoms with Crippen LogP contribution in [0.1, 0.15) is 48.2 Å². The Kier molecular flexibility index (Phi) is 9.05. The fourth-order valence-electron chi connectivity index (χ4n) is 4.64. The molecule has 7 heteroatoms. The zero-order valence-electron chi connectivity index (χ0n) is 22.0. The molecule has 0 bridgehead atoms. The molecule has 5 nitrogen and oxygen atoms in total. The highest BCUT2D eigenvalue weighted by Gasteiger charge is 2.28. The Morgan fingerprint density at radius 3 is 2.32 bits per heavy atom. The average molecular weight is 536 g/mol. The first-order valence-electron chi connectivity index (χ1n) is 13.1. The van der Waals surface area contributed by atoms with Crippen LogP contribution in [0.5, 0.6) is 0 Å². The molecule has 0 aliphatic carbocycles. The normalized spacial score (nSPS) is 14.3. The maximum absolute atomic E-state index is 13.4. The van der Waals surface area contributed by atoms with Gasteiger partial charge in [0.15, 0.2) is 0 Å². The Bertz CT molecular complexity index is 1240. The number of rotatable bonds is 9. The van der Waals surface area contributed by atoms with Crippen molar-refractivity contribution < 1.29 is 14.0 Å². The van der Waals surface area contributed by atoms with E-state index < -0.39 is 5.41 Å². The zero-order chi connectivity index (χ0) is 27.1. The van der Waals surface area contributed by atoms with E-state index in [1.165, 1.54) is 17.7 Å². The van der Waals surface area contributed by atoms with Crippen molar-refractivity contribution in [1.82, 2.24) is 5.32 Å². The average Bonchev–Trinajstić information content (AvgIpc) is 2.93. The number of piperidine rings is 1.